The fourth-order valence-corrected chi connectivity index (χ4v) is 2.29. The van der Waals surface area contributed by atoms with Gasteiger partial charge in [-0.15, -0.1) is 0 Å². The summed E-state index contributed by atoms with van der Waals surface area (Å²) in [4.78, 5) is 23.3. The molecule has 2 N–H and O–H groups in total. The van der Waals surface area contributed by atoms with Crippen LogP contribution >= 0.6 is 0 Å². The molecule has 0 aliphatic rings. The second-order valence-electron chi connectivity index (χ2n) is 5.68. The fraction of sp³-hybridized carbons (Fsp3) is 0.300. The molecule has 0 saturated carbocycles. The predicted molar refractivity (Wildman–Crippen MR) is 97.0 cm³/mol. The first kappa shape index (κ1) is 18.5. The first-order valence-corrected chi connectivity index (χ1v) is 8.49. The molecule has 0 bridgehead atoms. The number of ether oxygens (including phenoxy) is 1. The van der Waals surface area contributed by atoms with Gasteiger partial charge >= 0.3 is 6.09 Å². The van der Waals surface area contributed by atoms with Crippen LogP contribution in [0.4, 0.5) is 4.79 Å². The molecule has 5 heteroatoms. The van der Waals surface area contributed by atoms with Gasteiger partial charge in [0.1, 0.15) is 6.61 Å². The van der Waals surface area contributed by atoms with Crippen LogP contribution in [0.15, 0.2) is 60.7 Å². The van der Waals surface area contributed by atoms with Crippen molar-refractivity contribution in [3.8, 4) is 0 Å². The molecule has 25 heavy (non-hydrogen) atoms. The Hall–Kier alpha value is -2.82. The lowest BCUT2D eigenvalue weighted by molar-refractivity contribution is -0.121. The summed E-state index contributed by atoms with van der Waals surface area (Å²) in [6.45, 7) is 1.28. The van der Waals surface area contributed by atoms with Crippen molar-refractivity contribution in [2.45, 2.75) is 25.9 Å². The van der Waals surface area contributed by atoms with Crippen LogP contribution < -0.4 is 10.6 Å². The molecule has 5 nitrogen and oxygen atoms in total. The highest BCUT2D eigenvalue weighted by atomic mass is 16.5. The number of alkyl carbamates (subject to hydrolysis) is 1. The summed E-state index contributed by atoms with van der Waals surface area (Å²) in [5.41, 5.74) is 2.14. The maximum atomic E-state index is 11.7. The van der Waals surface area contributed by atoms with Crippen molar-refractivity contribution >= 4 is 12.0 Å². The van der Waals surface area contributed by atoms with E-state index in [9.17, 15) is 9.59 Å². The number of nitrogens with one attached hydrogen (secondary N) is 2. The summed E-state index contributed by atoms with van der Waals surface area (Å²) in [6.07, 6.45) is 1.32. The summed E-state index contributed by atoms with van der Waals surface area (Å²) < 4.78 is 5.10. The van der Waals surface area contributed by atoms with Crippen LogP contribution in [0.3, 0.4) is 0 Å². The molecule has 0 fully saturated rings. The van der Waals surface area contributed by atoms with E-state index in [1.807, 2.05) is 60.7 Å². The third-order valence-corrected chi connectivity index (χ3v) is 3.64. The first-order chi connectivity index (χ1) is 12.2. The molecule has 0 spiro atoms. The molecule has 0 aliphatic carbocycles. The lowest BCUT2D eigenvalue weighted by Crippen LogP contribution is -2.28. The Morgan fingerprint density at radius 3 is 2.12 bits per heavy atom. The van der Waals surface area contributed by atoms with Crippen molar-refractivity contribution in [1.29, 1.82) is 0 Å². The maximum Gasteiger partial charge on any atom is 0.407 e. The van der Waals surface area contributed by atoms with Crippen LogP contribution in [0.25, 0.3) is 0 Å². The van der Waals surface area contributed by atoms with E-state index >= 15 is 0 Å². The van der Waals surface area contributed by atoms with Crippen LogP contribution in [0.2, 0.25) is 0 Å². The number of carbonyl (C=O) groups is 2. The molecule has 2 amide bonds. The molecular formula is C20H24N2O3. The molecule has 0 aromatic heterocycles. The number of hydrogen-bond donors (Lipinski definition) is 2. The monoisotopic (exact) mass is 340 g/mol. The molecular weight excluding hydrogens is 316 g/mol. The van der Waals surface area contributed by atoms with E-state index < -0.39 is 6.09 Å². The van der Waals surface area contributed by atoms with Crippen LogP contribution in [0, 0.1) is 0 Å². The molecule has 0 aliphatic heterocycles. The SMILES string of the molecule is O=C(CCCNC(=O)OCc1ccccc1)NCCc1ccccc1. The average molecular weight is 340 g/mol. The Labute approximate surface area is 148 Å². The van der Waals surface area contributed by atoms with Gasteiger partial charge in [-0.05, 0) is 24.0 Å². The van der Waals surface area contributed by atoms with E-state index in [4.69, 9.17) is 4.74 Å². The van der Waals surface area contributed by atoms with Crippen LogP contribution in [-0.4, -0.2) is 25.1 Å². The quantitative estimate of drug-likeness (QED) is 0.690. The van der Waals surface area contributed by atoms with Gasteiger partial charge in [-0.1, -0.05) is 60.7 Å². The second kappa shape index (κ2) is 10.9. The van der Waals surface area contributed by atoms with E-state index in [-0.39, 0.29) is 12.5 Å². The van der Waals surface area contributed by atoms with E-state index in [0.717, 1.165) is 12.0 Å². The van der Waals surface area contributed by atoms with Crippen molar-refractivity contribution in [2.24, 2.45) is 0 Å². The zero-order valence-corrected chi connectivity index (χ0v) is 14.2. The van der Waals surface area contributed by atoms with Crippen LogP contribution in [0.1, 0.15) is 24.0 Å². The molecule has 0 atom stereocenters. The molecule has 2 aromatic rings. The number of rotatable bonds is 9. The van der Waals surface area contributed by atoms with Crippen molar-refractivity contribution in [2.75, 3.05) is 13.1 Å². The third kappa shape index (κ3) is 8.01. The fourth-order valence-electron chi connectivity index (χ4n) is 2.29. The largest absolute Gasteiger partial charge is 0.445 e. The van der Waals surface area contributed by atoms with Gasteiger partial charge in [-0.2, -0.15) is 0 Å². The minimum atomic E-state index is -0.465. The zero-order valence-electron chi connectivity index (χ0n) is 14.2. The zero-order chi connectivity index (χ0) is 17.7. The van der Waals surface area contributed by atoms with Gasteiger partial charge in [-0.3, -0.25) is 4.79 Å². The number of carbonyl (C=O) groups excluding carboxylic acids is 2. The number of hydrogen-bond acceptors (Lipinski definition) is 3. The Kier molecular flexibility index (Phi) is 8.05. The van der Waals surface area contributed by atoms with Gasteiger partial charge in [0.15, 0.2) is 0 Å². The lowest BCUT2D eigenvalue weighted by atomic mass is 10.1. The van der Waals surface area contributed by atoms with E-state index in [1.165, 1.54) is 5.56 Å². The minimum absolute atomic E-state index is 0.00427. The van der Waals surface area contributed by atoms with Gasteiger partial charge < -0.3 is 15.4 Å². The van der Waals surface area contributed by atoms with Crippen molar-refractivity contribution in [1.82, 2.24) is 10.6 Å². The molecule has 0 unspecified atom stereocenters. The predicted octanol–water partition coefficient (Wildman–Crippen LogP) is 3.05. The van der Waals surface area contributed by atoms with E-state index in [1.54, 1.807) is 0 Å². The highest BCUT2D eigenvalue weighted by molar-refractivity contribution is 5.75. The van der Waals surface area contributed by atoms with E-state index in [0.29, 0.717) is 25.9 Å². The standard InChI is InChI=1S/C20H24N2O3/c23-19(21-15-13-17-8-3-1-4-9-17)12-7-14-22-20(24)25-16-18-10-5-2-6-11-18/h1-6,8-11H,7,12-16H2,(H,21,23)(H,22,24). The van der Waals surface area contributed by atoms with Gasteiger partial charge in [0.2, 0.25) is 5.91 Å². The highest BCUT2D eigenvalue weighted by Gasteiger charge is 2.04. The normalized spacial score (nSPS) is 10.1. The molecule has 0 radical (unpaired) electrons. The number of benzene rings is 2. The van der Waals surface area contributed by atoms with Crippen molar-refractivity contribution in [3.63, 3.8) is 0 Å². The van der Waals surface area contributed by atoms with Crippen molar-refractivity contribution < 1.29 is 14.3 Å². The Morgan fingerprint density at radius 2 is 1.44 bits per heavy atom. The Bertz CT molecular complexity index is 645. The van der Waals surface area contributed by atoms with Crippen LogP contribution in [0.5, 0.6) is 0 Å². The molecule has 132 valence electrons. The molecule has 2 aromatic carbocycles. The number of amides is 2. The summed E-state index contributed by atoms with van der Waals surface area (Å²) >= 11 is 0. The van der Waals surface area contributed by atoms with Crippen molar-refractivity contribution in [3.05, 3.63) is 71.8 Å². The summed E-state index contributed by atoms with van der Waals surface area (Å²) in [7, 11) is 0. The minimum Gasteiger partial charge on any atom is -0.445 e. The summed E-state index contributed by atoms with van der Waals surface area (Å²) in [5.74, 6) is -0.00427. The first-order valence-electron chi connectivity index (χ1n) is 8.49. The highest BCUT2D eigenvalue weighted by Crippen LogP contribution is 2.01. The van der Waals surface area contributed by atoms with Gasteiger partial charge in [0, 0.05) is 19.5 Å². The maximum absolute atomic E-state index is 11.7. The van der Waals surface area contributed by atoms with E-state index in [2.05, 4.69) is 10.6 Å². The smallest absolute Gasteiger partial charge is 0.407 e. The summed E-state index contributed by atoms with van der Waals surface area (Å²) in [5, 5.41) is 5.53. The second-order valence-corrected chi connectivity index (χ2v) is 5.68. The van der Waals surface area contributed by atoms with Crippen LogP contribution in [-0.2, 0) is 22.6 Å². The van der Waals surface area contributed by atoms with Gasteiger partial charge in [-0.25, -0.2) is 4.79 Å². The molecule has 0 heterocycles. The third-order valence-electron chi connectivity index (χ3n) is 3.64. The topological polar surface area (TPSA) is 67.4 Å². The molecule has 2 rings (SSSR count). The Balaban J connectivity index is 1.49. The lowest BCUT2D eigenvalue weighted by Gasteiger charge is -2.08. The van der Waals surface area contributed by atoms with Gasteiger partial charge in [0.05, 0.1) is 0 Å². The molecule has 0 saturated heterocycles. The van der Waals surface area contributed by atoms with Gasteiger partial charge in [0.25, 0.3) is 0 Å². The Morgan fingerprint density at radius 1 is 0.800 bits per heavy atom. The summed E-state index contributed by atoms with van der Waals surface area (Å²) in [6, 6.07) is 19.5. The average Bonchev–Trinajstić information content (AvgIpc) is 2.65.